The Hall–Kier alpha value is -0.610. The third-order valence-electron chi connectivity index (χ3n) is 2.95. The standard InChI is InChI=1S/C10H21N3O/c1-3-13(8-4-5-8)7-6-10(2,12)9(11)14/h8H,3-7,12H2,1-2H3,(H2,11,14). The molecule has 0 aromatic heterocycles. The van der Waals surface area contributed by atoms with Crippen molar-refractivity contribution < 1.29 is 4.79 Å². The van der Waals surface area contributed by atoms with Gasteiger partial charge in [0.1, 0.15) is 0 Å². The van der Waals surface area contributed by atoms with Gasteiger partial charge in [-0.15, -0.1) is 0 Å². The quantitative estimate of drug-likeness (QED) is 0.635. The summed E-state index contributed by atoms with van der Waals surface area (Å²) in [5.74, 6) is -0.413. The Morgan fingerprint density at radius 1 is 1.57 bits per heavy atom. The van der Waals surface area contributed by atoms with Crippen LogP contribution in [0, 0.1) is 0 Å². The third-order valence-corrected chi connectivity index (χ3v) is 2.95. The molecule has 1 aliphatic carbocycles. The Morgan fingerprint density at radius 2 is 2.14 bits per heavy atom. The zero-order valence-corrected chi connectivity index (χ0v) is 9.12. The van der Waals surface area contributed by atoms with Gasteiger partial charge in [0.25, 0.3) is 0 Å². The van der Waals surface area contributed by atoms with Gasteiger partial charge in [0.15, 0.2) is 0 Å². The van der Waals surface area contributed by atoms with Crippen LogP contribution in [0.3, 0.4) is 0 Å². The number of nitrogens with two attached hydrogens (primary N) is 2. The van der Waals surface area contributed by atoms with Gasteiger partial charge in [-0.05, 0) is 32.7 Å². The maximum atomic E-state index is 11.0. The van der Waals surface area contributed by atoms with Crippen LogP contribution < -0.4 is 11.5 Å². The second-order valence-corrected chi connectivity index (χ2v) is 4.39. The highest BCUT2D eigenvalue weighted by molar-refractivity contribution is 5.83. The van der Waals surface area contributed by atoms with E-state index in [4.69, 9.17) is 11.5 Å². The first kappa shape index (κ1) is 11.5. The molecule has 0 bridgehead atoms. The van der Waals surface area contributed by atoms with Crippen LogP contribution in [-0.4, -0.2) is 35.5 Å². The van der Waals surface area contributed by atoms with Crippen molar-refractivity contribution in [3.63, 3.8) is 0 Å². The van der Waals surface area contributed by atoms with E-state index in [1.54, 1.807) is 6.92 Å². The predicted octanol–water partition coefficient (Wildman–Crippen LogP) is 0.0635. The molecule has 0 spiro atoms. The van der Waals surface area contributed by atoms with Gasteiger partial charge in [0, 0.05) is 12.6 Å². The predicted molar refractivity (Wildman–Crippen MR) is 56.7 cm³/mol. The second kappa shape index (κ2) is 4.28. The molecule has 1 aliphatic rings. The van der Waals surface area contributed by atoms with Crippen molar-refractivity contribution in [2.45, 2.75) is 44.7 Å². The summed E-state index contributed by atoms with van der Waals surface area (Å²) >= 11 is 0. The topological polar surface area (TPSA) is 72.3 Å². The minimum Gasteiger partial charge on any atom is -0.368 e. The van der Waals surface area contributed by atoms with Crippen molar-refractivity contribution in [1.82, 2.24) is 4.90 Å². The molecule has 1 saturated carbocycles. The van der Waals surface area contributed by atoms with Crippen LogP contribution in [0.15, 0.2) is 0 Å². The van der Waals surface area contributed by atoms with E-state index in [2.05, 4.69) is 11.8 Å². The molecular formula is C10H21N3O. The molecular weight excluding hydrogens is 178 g/mol. The second-order valence-electron chi connectivity index (χ2n) is 4.39. The van der Waals surface area contributed by atoms with Gasteiger partial charge in [-0.3, -0.25) is 4.79 Å². The van der Waals surface area contributed by atoms with Crippen LogP contribution in [0.2, 0.25) is 0 Å². The fourth-order valence-corrected chi connectivity index (χ4v) is 1.54. The van der Waals surface area contributed by atoms with Gasteiger partial charge < -0.3 is 16.4 Å². The normalized spacial score (nSPS) is 20.9. The lowest BCUT2D eigenvalue weighted by molar-refractivity contribution is -0.122. The Kier molecular flexibility index (Phi) is 3.50. The summed E-state index contributed by atoms with van der Waals surface area (Å²) < 4.78 is 0. The van der Waals surface area contributed by atoms with Gasteiger partial charge in [-0.1, -0.05) is 6.92 Å². The van der Waals surface area contributed by atoms with Gasteiger partial charge in [-0.25, -0.2) is 0 Å². The highest BCUT2D eigenvalue weighted by Crippen LogP contribution is 2.27. The summed E-state index contributed by atoms with van der Waals surface area (Å²) in [7, 11) is 0. The number of hydrogen-bond donors (Lipinski definition) is 2. The van der Waals surface area contributed by atoms with E-state index >= 15 is 0 Å². The van der Waals surface area contributed by atoms with E-state index in [1.165, 1.54) is 12.8 Å². The molecule has 1 fully saturated rings. The Balaban J connectivity index is 2.33. The van der Waals surface area contributed by atoms with Crippen molar-refractivity contribution in [3.05, 3.63) is 0 Å². The van der Waals surface area contributed by atoms with Crippen molar-refractivity contribution >= 4 is 5.91 Å². The Bertz CT molecular complexity index is 211. The number of carbonyl (C=O) groups is 1. The summed E-state index contributed by atoms with van der Waals surface area (Å²) in [6.45, 7) is 5.74. The fourth-order valence-electron chi connectivity index (χ4n) is 1.54. The van der Waals surface area contributed by atoms with Crippen LogP contribution in [-0.2, 0) is 4.79 Å². The van der Waals surface area contributed by atoms with Gasteiger partial charge in [-0.2, -0.15) is 0 Å². The number of amides is 1. The molecule has 14 heavy (non-hydrogen) atoms. The van der Waals surface area contributed by atoms with Gasteiger partial charge in [0.05, 0.1) is 5.54 Å². The molecule has 1 atom stereocenters. The van der Waals surface area contributed by atoms with Crippen LogP contribution in [0.4, 0.5) is 0 Å². The van der Waals surface area contributed by atoms with Crippen molar-refractivity contribution in [1.29, 1.82) is 0 Å². The lowest BCUT2D eigenvalue weighted by atomic mass is 9.98. The number of hydrogen-bond acceptors (Lipinski definition) is 3. The number of primary amides is 1. The molecule has 4 N–H and O–H groups in total. The molecule has 0 saturated heterocycles. The third kappa shape index (κ3) is 2.96. The molecule has 0 aliphatic heterocycles. The van der Waals surface area contributed by atoms with Gasteiger partial charge in [0.2, 0.25) is 5.91 Å². The zero-order valence-electron chi connectivity index (χ0n) is 9.12. The van der Waals surface area contributed by atoms with Crippen molar-refractivity contribution in [2.24, 2.45) is 11.5 Å². The molecule has 0 aromatic carbocycles. The maximum absolute atomic E-state index is 11.0. The Labute approximate surface area is 85.6 Å². The monoisotopic (exact) mass is 199 g/mol. The van der Waals surface area contributed by atoms with Crippen LogP contribution in [0.1, 0.15) is 33.1 Å². The molecule has 82 valence electrons. The molecule has 0 radical (unpaired) electrons. The summed E-state index contributed by atoms with van der Waals surface area (Å²) in [6, 6.07) is 0.726. The first-order valence-corrected chi connectivity index (χ1v) is 5.30. The summed E-state index contributed by atoms with van der Waals surface area (Å²) in [4.78, 5) is 13.4. The van der Waals surface area contributed by atoms with E-state index in [9.17, 15) is 4.79 Å². The van der Waals surface area contributed by atoms with Crippen molar-refractivity contribution in [2.75, 3.05) is 13.1 Å². The smallest absolute Gasteiger partial charge is 0.237 e. The number of carbonyl (C=O) groups excluding carboxylic acids is 1. The molecule has 0 heterocycles. The van der Waals surface area contributed by atoms with Gasteiger partial charge >= 0.3 is 0 Å². The molecule has 4 heteroatoms. The molecule has 1 amide bonds. The lowest BCUT2D eigenvalue weighted by Crippen LogP contribution is -2.51. The molecule has 0 aromatic rings. The highest BCUT2D eigenvalue weighted by Gasteiger charge is 2.31. The first-order valence-electron chi connectivity index (χ1n) is 5.30. The fraction of sp³-hybridized carbons (Fsp3) is 0.900. The zero-order chi connectivity index (χ0) is 10.8. The highest BCUT2D eigenvalue weighted by atomic mass is 16.1. The minimum atomic E-state index is -0.859. The minimum absolute atomic E-state index is 0.413. The summed E-state index contributed by atoms with van der Waals surface area (Å²) in [5.41, 5.74) is 10.1. The number of nitrogens with zero attached hydrogens (tertiary/aromatic N) is 1. The van der Waals surface area contributed by atoms with Crippen LogP contribution in [0.5, 0.6) is 0 Å². The van der Waals surface area contributed by atoms with E-state index in [-0.39, 0.29) is 0 Å². The first-order chi connectivity index (χ1) is 6.47. The molecule has 4 nitrogen and oxygen atoms in total. The van der Waals surface area contributed by atoms with E-state index in [0.717, 1.165) is 19.1 Å². The van der Waals surface area contributed by atoms with E-state index in [1.807, 2.05) is 0 Å². The summed E-state index contributed by atoms with van der Waals surface area (Å²) in [6.07, 6.45) is 3.21. The lowest BCUT2D eigenvalue weighted by Gasteiger charge is -2.26. The average Bonchev–Trinajstić information content (AvgIpc) is 2.89. The van der Waals surface area contributed by atoms with Crippen LogP contribution >= 0.6 is 0 Å². The Morgan fingerprint density at radius 3 is 2.50 bits per heavy atom. The largest absolute Gasteiger partial charge is 0.368 e. The van der Waals surface area contributed by atoms with E-state index in [0.29, 0.717) is 6.42 Å². The summed E-state index contributed by atoms with van der Waals surface area (Å²) in [5, 5.41) is 0. The number of rotatable bonds is 6. The average molecular weight is 199 g/mol. The maximum Gasteiger partial charge on any atom is 0.237 e. The van der Waals surface area contributed by atoms with Crippen LogP contribution in [0.25, 0.3) is 0 Å². The van der Waals surface area contributed by atoms with E-state index < -0.39 is 11.4 Å². The molecule has 1 unspecified atom stereocenters. The molecule has 1 rings (SSSR count). The SMILES string of the molecule is CCN(CCC(C)(N)C(N)=O)C1CC1. The van der Waals surface area contributed by atoms with Crippen molar-refractivity contribution in [3.8, 4) is 0 Å².